The summed E-state index contributed by atoms with van der Waals surface area (Å²) in [7, 11) is 1.74. The Morgan fingerprint density at radius 2 is 1.97 bits per heavy atom. The topological polar surface area (TPSA) is 102 Å². The van der Waals surface area contributed by atoms with Crippen molar-refractivity contribution in [2.24, 2.45) is 5.92 Å². The molecule has 1 aliphatic carbocycles. The molecule has 1 saturated carbocycles. The summed E-state index contributed by atoms with van der Waals surface area (Å²) in [4.78, 5) is 29.8. The third kappa shape index (κ3) is 5.19. The van der Waals surface area contributed by atoms with Crippen LogP contribution in [-0.2, 0) is 0 Å². The molecule has 0 aliphatic heterocycles. The normalized spacial score (nSPS) is 14.1. The lowest BCUT2D eigenvalue weighted by molar-refractivity contribution is 0.0943. The van der Waals surface area contributed by atoms with Gasteiger partial charge in [-0.25, -0.2) is 15.0 Å². The summed E-state index contributed by atoms with van der Waals surface area (Å²) in [5.74, 6) is 2.33. The van der Waals surface area contributed by atoms with Crippen LogP contribution in [0.2, 0.25) is 0 Å². The smallest absolute Gasteiger partial charge is 0.251 e. The number of amides is 1. The molecule has 2 heterocycles. The van der Waals surface area contributed by atoms with Crippen molar-refractivity contribution >= 4 is 11.9 Å². The number of carbonyl (C=O) groups is 1. The molecule has 0 spiro atoms. The van der Waals surface area contributed by atoms with E-state index in [1.54, 1.807) is 25.4 Å². The van der Waals surface area contributed by atoms with E-state index in [9.17, 15) is 4.79 Å². The molecule has 166 valence electrons. The monoisotopic (exact) mass is 432 g/mol. The van der Waals surface area contributed by atoms with E-state index in [1.165, 1.54) is 38.4 Å². The first-order chi connectivity index (χ1) is 15.6. The Morgan fingerprint density at radius 1 is 1.12 bits per heavy atom. The van der Waals surface area contributed by atoms with Crippen LogP contribution in [0.15, 0.2) is 42.9 Å². The first-order valence-corrected chi connectivity index (χ1v) is 11.0. The molecule has 8 heteroatoms. The van der Waals surface area contributed by atoms with E-state index >= 15 is 0 Å². The Labute approximate surface area is 187 Å². The van der Waals surface area contributed by atoms with Crippen molar-refractivity contribution in [3.8, 4) is 23.0 Å². The molecule has 1 fully saturated rings. The highest BCUT2D eigenvalue weighted by Crippen LogP contribution is 2.31. The summed E-state index contributed by atoms with van der Waals surface area (Å²) in [6.07, 6.45) is 9.29. The highest BCUT2D eigenvalue weighted by Gasteiger charge is 2.17. The van der Waals surface area contributed by atoms with Gasteiger partial charge in [-0.05, 0) is 55.5 Å². The number of ether oxygens (including phenoxy) is 1. The molecular weight excluding hydrogens is 404 g/mol. The fraction of sp³-hybridized carbons (Fsp3) is 0.375. The Hall–Kier alpha value is -3.55. The van der Waals surface area contributed by atoms with Crippen LogP contribution in [0.1, 0.15) is 48.0 Å². The molecule has 1 amide bonds. The lowest BCUT2D eigenvalue weighted by atomic mass is 9.89. The zero-order valence-electron chi connectivity index (χ0n) is 18.5. The Balaban J connectivity index is 1.53. The Morgan fingerprint density at radius 3 is 2.78 bits per heavy atom. The van der Waals surface area contributed by atoms with Gasteiger partial charge >= 0.3 is 0 Å². The van der Waals surface area contributed by atoms with E-state index in [1.807, 2.05) is 25.1 Å². The van der Waals surface area contributed by atoms with E-state index in [2.05, 4.69) is 30.6 Å². The zero-order valence-corrected chi connectivity index (χ0v) is 18.5. The molecule has 0 unspecified atom stereocenters. The molecule has 1 aliphatic rings. The zero-order chi connectivity index (χ0) is 22.3. The summed E-state index contributed by atoms with van der Waals surface area (Å²) < 4.78 is 6.14. The average molecular weight is 433 g/mol. The lowest BCUT2D eigenvalue weighted by Gasteiger charge is -2.21. The van der Waals surface area contributed by atoms with Crippen molar-refractivity contribution in [3.63, 3.8) is 0 Å². The second kappa shape index (κ2) is 10.2. The van der Waals surface area contributed by atoms with Crippen molar-refractivity contribution in [2.45, 2.75) is 39.0 Å². The van der Waals surface area contributed by atoms with Gasteiger partial charge in [0, 0.05) is 25.4 Å². The van der Waals surface area contributed by atoms with E-state index in [4.69, 9.17) is 4.74 Å². The number of nitrogens with one attached hydrogen (secondary N) is 2. The number of pyridine rings is 1. The summed E-state index contributed by atoms with van der Waals surface area (Å²) in [6.45, 7) is 2.66. The largest absolute Gasteiger partial charge is 0.438 e. The van der Waals surface area contributed by atoms with Crippen LogP contribution in [0.4, 0.5) is 5.95 Å². The van der Waals surface area contributed by atoms with Crippen LogP contribution in [-0.4, -0.2) is 39.4 Å². The molecule has 8 nitrogen and oxygen atoms in total. The molecule has 0 radical (unpaired) electrons. The van der Waals surface area contributed by atoms with Crippen LogP contribution in [0.5, 0.6) is 11.6 Å². The first-order valence-electron chi connectivity index (χ1n) is 11.0. The second-order valence-corrected chi connectivity index (χ2v) is 8.04. The number of hydrogen-bond acceptors (Lipinski definition) is 7. The predicted octanol–water partition coefficient (Wildman–Crippen LogP) is 4.39. The maximum Gasteiger partial charge on any atom is 0.251 e. The number of rotatable bonds is 7. The number of hydrogen-bond donors (Lipinski definition) is 2. The van der Waals surface area contributed by atoms with Crippen LogP contribution < -0.4 is 15.4 Å². The van der Waals surface area contributed by atoms with Gasteiger partial charge in [0.05, 0.1) is 5.56 Å². The Bertz CT molecular complexity index is 1080. The summed E-state index contributed by atoms with van der Waals surface area (Å²) in [5.41, 5.74) is 2.10. The van der Waals surface area contributed by atoms with Crippen LogP contribution in [0.3, 0.4) is 0 Å². The maximum atomic E-state index is 12.7. The molecular formula is C24H28N6O2. The van der Waals surface area contributed by atoms with Crippen LogP contribution >= 0.6 is 0 Å². The number of aromatic nitrogens is 4. The van der Waals surface area contributed by atoms with Gasteiger partial charge in [0.25, 0.3) is 5.91 Å². The van der Waals surface area contributed by atoms with Gasteiger partial charge in [-0.2, -0.15) is 4.98 Å². The SMILES string of the molecule is CNc1ncnc(-c2cccnc2Oc2cc(C(=O)NCC3CCCCC3)ccc2C)n1. The standard InChI is InChI=1S/C24H28N6O2/c1-16-10-11-18(22(31)27-14-17-7-4-3-5-8-17)13-20(16)32-23-19(9-6-12-26-23)21-28-15-29-24(25-2)30-21/h6,9-13,15,17H,3-5,7-8,14H2,1-2H3,(H,27,31)(H,25,28,29,30). The predicted molar refractivity (Wildman–Crippen MR) is 123 cm³/mol. The van der Waals surface area contributed by atoms with Gasteiger partial charge < -0.3 is 15.4 Å². The molecule has 2 aromatic heterocycles. The highest BCUT2D eigenvalue weighted by molar-refractivity contribution is 5.94. The van der Waals surface area contributed by atoms with E-state index in [0.717, 1.165) is 12.1 Å². The summed E-state index contributed by atoms with van der Waals surface area (Å²) >= 11 is 0. The fourth-order valence-corrected chi connectivity index (χ4v) is 3.87. The average Bonchev–Trinajstić information content (AvgIpc) is 2.85. The Kier molecular flexibility index (Phi) is 6.89. The maximum absolute atomic E-state index is 12.7. The van der Waals surface area contributed by atoms with Gasteiger partial charge in [-0.15, -0.1) is 0 Å². The van der Waals surface area contributed by atoms with Crippen LogP contribution in [0, 0.1) is 12.8 Å². The highest BCUT2D eigenvalue weighted by atomic mass is 16.5. The molecule has 3 aromatic rings. The molecule has 0 bridgehead atoms. The van der Waals surface area contributed by atoms with Gasteiger partial charge in [-0.3, -0.25) is 4.79 Å². The lowest BCUT2D eigenvalue weighted by Crippen LogP contribution is -2.30. The molecule has 2 N–H and O–H groups in total. The quantitative estimate of drug-likeness (QED) is 0.571. The van der Waals surface area contributed by atoms with E-state index < -0.39 is 0 Å². The van der Waals surface area contributed by atoms with Crippen molar-refractivity contribution < 1.29 is 9.53 Å². The number of anilines is 1. The molecule has 0 saturated heterocycles. The molecule has 32 heavy (non-hydrogen) atoms. The molecule has 4 rings (SSSR count). The minimum absolute atomic E-state index is 0.0854. The summed E-state index contributed by atoms with van der Waals surface area (Å²) in [6, 6.07) is 9.11. The minimum Gasteiger partial charge on any atom is -0.438 e. The minimum atomic E-state index is -0.0854. The van der Waals surface area contributed by atoms with Gasteiger partial charge in [0.1, 0.15) is 12.1 Å². The number of aryl methyl sites for hydroxylation is 1. The van der Waals surface area contributed by atoms with Gasteiger partial charge in [0.2, 0.25) is 11.8 Å². The van der Waals surface area contributed by atoms with Crippen molar-refractivity contribution in [1.82, 2.24) is 25.3 Å². The summed E-state index contributed by atoms with van der Waals surface area (Å²) in [5, 5.41) is 5.99. The second-order valence-electron chi connectivity index (χ2n) is 8.04. The van der Waals surface area contributed by atoms with Crippen molar-refractivity contribution in [1.29, 1.82) is 0 Å². The van der Waals surface area contributed by atoms with Gasteiger partial charge in [-0.1, -0.05) is 25.3 Å². The number of benzene rings is 1. The molecule has 1 aromatic carbocycles. The van der Waals surface area contributed by atoms with Gasteiger partial charge in [0.15, 0.2) is 5.82 Å². The van der Waals surface area contributed by atoms with E-state index in [-0.39, 0.29) is 5.91 Å². The molecule has 0 atom stereocenters. The van der Waals surface area contributed by atoms with E-state index in [0.29, 0.717) is 40.4 Å². The van der Waals surface area contributed by atoms with Crippen LogP contribution in [0.25, 0.3) is 11.4 Å². The third-order valence-electron chi connectivity index (χ3n) is 5.74. The third-order valence-corrected chi connectivity index (χ3v) is 5.74. The number of nitrogens with zero attached hydrogens (tertiary/aromatic N) is 4. The van der Waals surface area contributed by atoms with Crippen molar-refractivity contribution in [3.05, 3.63) is 54.0 Å². The van der Waals surface area contributed by atoms with Crippen molar-refractivity contribution in [2.75, 3.05) is 18.9 Å². The fourth-order valence-electron chi connectivity index (χ4n) is 3.87. The number of carbonyl (C=O) groups excluding carboxylic acids is 1. The first kappa shape index (κ1) is 21.7.